The van der Waals surface area contributed by atoms with Crippen LogP contribution in [0.5, 0.6) is 0 Å². The summed E-state index contributed by atoms with van der Waals surface area (Å²) in [5.74, 6) is 2.41. The average Bonchev–Trinajstić information content (AvgIpc) is 3.40. The van der Waals surface area contributed by atoms with Gasteiger partial charge >= 0.3 is 12.2 Å². The van der Waals surface area contributed by atoms with E-state index in [1.165, 1.54) is 6.92 Å². The Morgan fingerprint density at radius 2 is 1.75 bits per heavy atom. The summed E-state index contributed by atoms with van der Waals surface area (Å²) in [6, 6.07) is 9.70. The molecule has 7 nitrogen and oxygen atoms in total. The van der Waals surface area contributed by atoms with Crippen LogP contribution in [0.1, 0.15) is 29.3 Å². The van der Waals surface area contributed by atoms with E-state index in [-0.39, 0.29) is 35.1 Å². The number of nitrogens with zero attached hydrogens (tertiary/aromatic N) is 4. The minimum absolute atomic E-state index is 0.0275. The summed E-state index contributed by atoms with van der Waals surface area (Å²) in [5.41, 5.74) is -1.90. The number of hydrogen-bond acceptors (Lipinski definition) is 5. The molecule has 0 aliphatic carbocycles. The molecule has 0 spiro atoms. The molecule has 1 saturated heterocycles. The highest BCUT2D eigenvalue weighted by molar-refractivity contribution is 7.15. The van der Waals surface area contributed by atoms with Crippen LogP contribution in [0.4, 0.5) is 37.6 Å². The van der Waals surface area contributed by atoms with Crippen molar-refractivity contribution < 1.29 is 36.3 Å². The van der Waals surface area contributed by atoms with Crippen molar-refractivity contribution in [2.45, 2.75) is 25.1 Å². The van der Waals surface area contributed by atoms with Crippen molar-refractivity contribution in [1.29, 1.82) is 0 Å². The van der Waals surface area contributed by atoms with Crippen LogP contribution in [0.2, 0.25) is 0 Å². The first-order valence-electron chi connectivity index (χ1n) is 11.8. The monoisotopic (exact) mass is 576 g/mol. The summed E-state index contributed by atoms with van der Waals surface area (Å²) in [5, 5.41) is -0.251. The zero-order valence-electron chi connectivity index (χ0n) is 21.1. The summed E-state index contributed by atoms with van der Waals surface area (Å²) in [6.07, 6.45) is -4.21. The van der Waals surface area contributed by atoms with Crippen molar-refractivity contribution in [1.82, 2.24) is 9.88 Å². The number of aldehydes is 1. The number of carbonyl (C=O) groups is 3. The maximum atomic E-state index is 15.1. The second-order valence-electron chi connectivity index (χ2n) is 9.00. The van der Waals surface area contributed by atoms with E-state index in [9.17, 15) is 27.6 Å². The Labute approximate surface area is 229 Å². The molecule has 0 saturated carbocycles. The number of urea groups is 1. The number of piperazine rings is 1. The molecule has 1 aromatic heterocycles. The lowest BCUT2D eigenvalue weighted by atomic mass is 9.92. The Morgan fingerprint density at radius 1 is 1.12 bits per heavy atom. The fourth-order valence-electron chi connectivity index (χ4n) is 4.22. The molecule has 40 heavy (non-hydrogen) atoms. The van der Waals surface area contributed by atoms with Gasteiger partial charge in [0.25, 0.3) is 5.91 Å². The molecule has 1 aliphatic heterocycles. The van der Waals surface area contributed by atoms with Crippen molar-refractivity contribution >= 4 is 40.4 Å². The smallest absolute Gasteiger partial charge is 0.308 e. The van der Waals surface area contributed by atoms with E-state index in [0.29, 0.717) is 22.9 Å². The Bertz CT molecular complexity index is 1490. The van der Waals surface area contributed by atoms with E-state index in [1.807, 2.05) is 0 Å². The van der Waals surface area contributed by atoms with E-state index < -0.39 is 52.3 Å². The van der Waals surface area contributed by atoms with Gasteiger partial charge in [-0.3, -0.25) is 14.6 Å². The minimum Gasteiger partial charge on any atom is -0.308 e. The number of carbonyl (C=O) groups excluding carboxylic acids is 3. The largest absolute Gasteiger partial charge is 0.427 e. The van der Waals surface area contributed by atoms with Crippen molar-refractivity contribution in [2.24, 2.45) is 0 Å². The van der Waals surface area contributed by atoms with Gasteiger partial charge in [-0.05, 0) is 31.2 Å². The summed E-state index contributed by atoms with van der Waals surface area (Å²) in [7, 11) is 1.10. The fraction of sp³-hybridized carbons (Fsp3) is 0.259. The third-order valence-corrected chi connectivity index (χ3v) is 7.39. The van der Waals surface area contributed by atoms with Crippen LogP contribution in [0.15, 0.2) is 48.7 Å². The van der Waals surface area contributed by atoms with Crippen molar-refractivity contribution in [3.63, 3.8) is 0 Å². The van der Waals surface area contributed by atoms with Crippen molar-refractivity contribution in [3.8, 4) is 11.8 Å². The van der Waals surface area contributed by atoms with E-state index in [2.05, 4.69) is 16.8 Å². The molecule has 2 heterocycles. The quantitative estimate of drug-likeness (QED) is 0.246. The van der Waals surface area contributed by atoms with Gasteiger partial charge < -0.3 is 9.69 Å². The molecular formula is C27H21F5N4O3S. The van der Waals surface area contributed by atoms with Gasteiger partial charge in [-0.25, -0.2) is 18.6 Å². The number of halogens is 5. The molecule has 1 aliphatic rings. The molecule has 208 valence electrons. The SMILES string of the molecule is CN(C(=O)N1CCN(c2ncc(C(F)(F)F)s2)C(=O)C1(C)CC=O)c1c(F)cc(C#Cc2ccccc2)cc1F. The number of aromatic nitrogens is 1. The first kappa shape index (κ1) is 28.7. The van der Waals surface area contributed by atoms with Gasteiger partial charge in [-0.1, -0.05) is 41.4 Å². The van der Waals surface area contributed by atoms with Gasteiger partial charge in [-0.2, -0.15) is 13.2 Å². The number of thiazole rings is 1. The molecule has 0 N–H and O–H groups in total. The molecule has 0 radical (unpaired) electrons. The van der Waals surface area contributed by atoms with E-state index >= 15 is 8.78 Å². The lowest BCUT2D eigenvalue weighted by molar-refractivity contribution is -0.134. The number of amides is 3. The highest BCUT2D eigenvalue weighted by Crippen LogP contribution is 2.39. The molecule has 1 atom stereocenters. The van der Waals surface area contributed by atoms with Gasteiger partial charge in [0.15, 0.2) is 16.8 Å². The van der Waals surface area contributed by atoms with E-state index in [4.69, 9.17) is 0 Å². The highest BCUT2D eigenvalue weighted by atomic mass is 32.1. The topological polar surface area (TPSA) is 73.8 Å². The van der Waals surface area contributed by atoms with Crippen molar-refractivity contribution in [3.05, 3.63) is 76.3 Å². The first-order chi connectivity index (χ1) is 18.9. The number of hydrogen-bond donors (Lipinski definition) is 0. The third-order valence-electron chi connectivity index (χ3n) is 6.33. The number of anilines is 2. The second-order valence-corrected chi connectivity index (χ2v) is 10.0. The normalized spacial score (nSPS) is 17.3. The van der Waals surface area contributed by atoms with Crippen LogP contribution in [0.3, 0.4) is 0 Å². The van der Waals surface area contributed by atoms with Crippen LogP contribution in [-0.4, -0.2) is 53.8 Å². The summed E-state index contributed by atoms with van der Waals surface area (Å²) >= 11 is 0.246. The van der Waals surface area contributed by atoms with Gasteiger partial charge in [0.2, 0.25) is 0 Å². The predicted octanol–water partition coefficient (Wildman–Crippen LogP) is 5.09. The molecule has 1 fully saturated rings. The number of benzene rings is 2. The van der Waals surface area contributed by atoms with Gasteiger partial charge in [-0.15, -0.1) is 0 Å². The van der Waals surface area contributed by atoms with Crippen LogP contribution >= 0.6 is 11.3 Å². The maximum Gasteiger partial charge on any atom is 0.427 e. The lowest BCUT2D eigenvalue weighted by Crippen LogP contribution is -2.68. The molecule has 13 heteroatoms. The zero-order valence-corrected chi connectivity index (χ0v) is 21.9. The molecule has 4 rings (SSSR count). The van der Waals surface area contributed by atoms with Crippen LogP contribution in [0, 0.1) is 23.5 Å². The molecule has 0 bridgehead atoms. The minimum atomic E-state index is -4.66. The third kappa shape index (κ3) is 5.53. The number of rotatable bonds is 4. The summed E-state index contributed by atoms with van der Waals surface area (Å²) in [4.78, 5) is 43.7. The Kier molecular flexibility index (Phi) is 7.93. The predicted molar refractivity (Wildman–Crippen MR) is 138 cm³/mol. The lowest BCUT2D eigenvalue weighted by Gasteiger charge is -2.47. The fourth-order valence-corrected chi connectivity index (χ4v) is 5.03. The molecule has 2 aromatic carbocycles. The van der Waals surface area contributed by atoms with E-state index in [0.717, 1.165) is 29.0 Å². The Hall–Kier alpha value is -4.31. The van der Waals surface area contributed by atoms with Crippen molar-refractivity contribution in [2.75, 3.05) is 29.9 Å². The van der Waals surface area contributed by atoms with Gasteiger partial charge in [0.05, 0.1) is 6.20 Å². The van der Waals surface area contributed by atoms with Gasteiger partial charge in [0.1, 0.15) is 22.4 Å². The molecule has 3 aromatic rings. The highest BCUT2D eigenvalue weighted by Gasteiger charge is 2.50. The standard InChI is InChI=1S/C27H21F5N4O3S/c1-26(10-13-37)23(38)35(24-33-16-21(40-24)27(30,31)32)11-12-36(26)25(39)34(2)22-19(28)14-18(15-20(22)29)9-8-17-6-4-3-5-7-17/h3-7,13-16H,10-12H2,1-2H3. The molecule has 1 unspecified atom stereocenters. The number of alkyl halides is 3. The summed E-state index contributed by atoms with van der Waals surface area (Å²) < 4.78 is 69.3. The second kappa shape index (κ2) is 11.1. The molecular weight excluding hydrogens is 555 g/mol. The zero-order chi connectivity index (χ0) is 29.2. The van der Waals surface area contributed by atoms with Crippen LogP contribution in [-0.2, 0) is 15.8 Å². The van der Waals surface area contributed by atoms with E-state index in [1.54, 1.807) is 30.3 Å². The summed E-state index contributed by atoms with van der Waals surface area (Å²) in [6.45, 7) is 0.760. The van der Waals surface area contributed by atoms with Gasteiger partial charge in [0, 0.05) is 37.7 Å². The Morgan fingerprint density at radius 3 is 2.33 bits per heavy atom. The average molecular weight is 577 g/mol. The molecule has 3 amide bonds. The van der Waals surface area contributed by atoms with Crippen LogP contribution < -0.4 is 9.80 Å². The first-order valence-corrected chi connectivity index (χ1v) is 12.6. The maximum absolute atomic E-state index is 15.1. The Balaban J connectivity index is 1.60. The van der Waals surface area contributed by atoms with Crippen LogP contribution in [0.25, 0.3) is 0 Å².